The molecule has 0 radical (unpaired) electrons. The van der Waals surface area contributed by atoms with Crippen LogP contribution in [0.3, 0.4) is 0 Å². The fourth-order valence-corrected chi connectivity index (χ4v) is 3.67. The topological polar surface area (TPSA) is 90.3 Å². The largest absolute Gasteiger partial charge is 0.573 e. The molecule has 0 saturated heterocycles. The zero-order chi connectivity index (χ0) is 27.0. The predicted molar refractivity (Wildman–Crippen MR) is 136 cm³/mol. The zero-order valence-electron chi connectivity index (χ0n) is 20.5. The molecule has 4 rings (SSSR count). The number of nitrogens with one attached hydrogen (secondary N) is 2. The Kier molecular flexibility index (Phi) is 8.47. The maximum absolute atomic E-state index is 12.3. The number of rotatable bonds is 10. The third-order valence-electron chi connectivity index (χ3n) is 5.54. The standard InChI is InChI=1S/C27H26F3N5O3/c1-37-24-7-4-6-21(17-24)33-26(36)31-16-3-2-5-19-8-10-20(11-9-19)25-32-18-35(34-25)22-12-14-23(15-13-22)38-27(28,29)30/h4,6-15,17-18H,2-3,5,16H2,1H3,(H2,31,33,36). The SMILES string of the molecule is COc1cccc(NC(=O)NCCCCc2ccc(-c3ncn(-c4ccc(OC(F)(F)F)cc4)n3)cc2)c1. The number of hydrogen-bond acceptors (Lipinski definition) is 5. The van der Waals surface area contributed by atoms with E-state index in [1.54, 1.807) is 25.3 Å². The van der Waals surface area contributed by atoms with Crippen molar-refractivity contribution in [2.24, 2.45) is 0 Å². The number of hydrogen-bond donors (Lipinski definition) is 2. The van der Waals surface area contributed by atoms with E-state index in [0.717, 1.165) is 30.4 Å². The van der Waals surface area contributed by atoms with E-state index in [9.17, 15) is 18.0 Å². The van der Waals surface area contributed by atoms with Gasteiger partial charge in [-0.05, 0) is 61.2 Å². The Labute approximate surface area is 217 Å². The van der Waals surface area contributed by atoms with Crippen LogP contribution in [0.25, 0.3) is 17.1 Å². The van der Waals surface area contributed by atoms with Crippen molar-refractivity contribution in [3.63, 3.8) is 0 Å². The minimum absolute atomic E-state index is 0.264. The minimum atomic E-state index is -4.74. The maximum Gasteiger partial charge on any atom is 0.573 e. The van der Waals surface area contributed by atoms with E-state index in [0.29, 0.717) is 29.5 Å². The van der Waals surface area contributed by atoms with Gasteiger partial charge in [0.25, 0.3) is 0 Å². The van der Waals surface area contributed by atoms with Gasteiger partial charge >= 0.3 is 12.4 Å². The van der Waals surface area contributed by atoms with Gasteiger partial charge in [0.1, 0.15) is 17.8 Å². The molecule has 0 spiro atoms. The molecule has 0 unspecified atom stereocenters. The molecule has 4 aromatic rings. The number of urea groups is 1. The summed E-state index contributed by atoms with van der Waals surface area (Å²) in [5.74, 6) is 0.869. The lowest BCUT2D eigenvalue weighted by atomic mass is 10.1. The lowest BCUT2D eigenvalue weighted by molar-refractivity contribution is -0.274. The molecular weight excluding hydrogens is 499 g/mol. The fourth-order valence-electron chi connectivity index (χ4n) is 3.67. The molecule has 0 aliphatic carbocycles. The number of nitrogens with zero attached hydrogens (tertiary/aromatic N) is 3. The first kappa shape index (κ1) is 26.5. The summed E-state index contributed by atoms with van der Waals surface area (Å²) in [7, 11) is 1.57. The normalized spacial score (nSPS) is 11.2. The number of anilines is 1. The van der Waals surface area contributed by atoms with E-state index < -0.39 is 6.36 Å². The Morgan fingerprint density at radius 1 is 0.974 bits per heavy atom. The molecule has 3 aromatic carbocycles. The van der Waals surface area contributed by atoms with Crippen LogP contribution in [-0.4, -0.2) is 40.8 Å². The second-order valence-corrected chi connectivity index (χ2v) is 8.32. The van der Waals surface area contributed by atoms with E-state index in [2.05, 4.69) is 25.5 Å². The number of aryl methyl sites for hydroxylation is 1. The zero-order valence-corrected chi connectivity index (χ0v) is 20.5. The van der Waals surface area contributed by atoms with Gasteiger partial charge in [0.05, 0.1) is 12.8 Å². The predicted octanol–water partition coefficient (Wildman–Crippen LogP) is 5.99. The molecular formula is C27H26F3N5O3. The van der Waals surface area contributed by atoms with Crippen LogP contribution < -0.4 is 20.1 Å². The molecule has 0 saturated carbocycles. The first-order valence-electron chi connectivity index (χ1n) is 11.9. The Morgan fingerprint density at radius 2 is 1.74 bits per heavy atom. The molecule has 2 amide bonds. The Bertz CT molecular complexity index is 1340. The minimum Gasteiger partial charge on any atom is -0.497 e. The van der Waals surface area contributed by atoms with Crippen molar-refractivity contribution in [2.75, 3.05) is 19.0 Å². The Hall–Kier alpha value is -4.54. The van der Waals surface area contributed by atoms with Crippen LogP contribution in [0.15, 0.2) is 79.1 Å². The van der Waals surface area contributed by atoms with Crippen molar-refractivity contribution < 1.29 is 27.4 Å². The smallest absolute Gasteiger partial charge is 0.497 e. The summed E-state index contributed by atoms with van der Waals surface area (Å²) < 4.78 is 47.5. The average Bonchev–Trinajstić information content (AvgIpc) is 3.39. The summed E-state index contributed by atoms with van der Waals surface area (Å²) in [5.41, 5.74) is 3.19. The third kappa shape index (κ3) is 7.73. The van der Waals surface area contributed by atoms with Crippen molar-refractivity contribution in [1.82, 2.24) is 20.1 Å². The number of methoxy groups -OCH3 is 1. The molecule has 0 fully saturated rings. The lowest BCUT2D eigenvalue weighted by Crippen LogP contribution is -2.29. The van der Waals surface area contributed by atoms with Crippen molar-refractivity contribution in [3.05, 3.63) is 84.7 Å². The Balaban J connectivity index is 1.21. The third-order valence-corrected chi connectivity index (χ3v) is 5.54. The number of unbranched alkanes of at least 4 members (excludes halogenated alkanes) is 1. The van der Waals surface area contributed by atoms with Gasteiger partial charge in [0.2, 0.25) is 0 Å². The van der Waals surface area contributed by atoms with E-state index in [-0.39, 0.29) is 11.8 Å². The lowest BCUT2D eigenvalue weighted by Gasteiger charge is -2.09. The number of alkyl halides is 3. The first-order chi connectivity index (χ1) is 18.3. The van der Waals surface area contributed by atoms with Gasteiger partial charge in [-0.1, -0.05) is 30.3 Å². The molecule has 0 aliphatic rings. The highest BCUT2D eigenvalue weighted by Gasteiger charge is 2.31. The number of amides is 2. The average molecular weight is 526 g/mol. The molecule has 2 N–H and O–H groups in total. The molecule has 8 nitrogen and oxygen atoms in total. The van der Waals surface area contributed by atoms with Crippen LogP contribution in [0, 0.1) is 0 Å². The van der Waals surface area contributed by atoms with Crippen LogP contribution in [-0.2, 0) is 6.42 Å². The fraction of sp³-hybridized carbons (Fsp3) is 0.222. The summed E-state index contributed by atoms with van der Waals surface area (Å²) in [6.07, 6.45) is -0.654. The summed E-state index contributed by atoms with van der Waals surface area (Å²) in [6, 6.07) is 20.1. The van der Waals surface area contributed by atoms with E-state index in [4.69, 9.17) is 4.74 Å². The van der Waals surface area contributed by atoms with E-state index in [1.165, 1.54) is 35.3 Å². The van der Waals surface area contributed by atoms with Crippen LogP contribution in [0.2, 0.25) is 0 Å². The summed E-state index contributed by atoms with van der Waals surface area (Å²) in [6.45, 7) is 0.554. The second-order valence-electron chi connectivity index (χ2n) is 8.32. The highest BCUT2D eigenvalue weighted by Crippen LogP contribution is 2.24. The molecule has 198 valence electrons. The molecule has 1 aromatic heterocycles. The van der Waals surface area contributed by atoms with Gasteiger partial charge in [-0.2, -0.15) is 0 Å². The van der Waals surface area contributed by atoms with Crippen LogP contribution in [0.5, 0.6) is 11.5 Å². The monoisotopic (exact) mass is 525 g/mol. The maximum atomic E-state index is 12.3. The summed E-state index contributed by atoms with van der Waals surface area (Å²) in [5, 5.41) is 10.0. The molecule has 0 aliphatic heterocycles. The van der Waals surface area contributed by atoms with Gasteiger partial charge < -0.3 is 20.1 Å². The van der Waals surface area contributed by atoms with Gasteiger partial charge in [-0.25, -0.2) is 14.5 Å². The number of carbonyl (C=O) groups is 1. The number of ether oxygens (including phenoxy) is 2. The number of benzene rings is 3. The van der Waals surface area contributed by atoms with E-state index >= 15 is 0 Å². The van der Waals surface area contributed by atoms with Gasteiger partial charge in [0, 0.05) is 23.9 Å². The number of carbonyl (C=O) groups excluding carboxylic acids is 1. The van der Waals surface area contributed by atoms with E-state index in [1.807, 2.05) is 30.3 Å². The first-order valence-corrected chi connectivity index (χ1v) is 11.9. The van der Waals surface area contributed by atoms with Crippen LogP contribution >= 0.6 is 0 Å². The van der Waals surface area contributed by atoms with Crippen LogP contribution in [0.1, 0.15) is 18.4 Å². The quantitative estimate of drug-likeness (QED) is 0.249. The van der Waals surface area contributed by atoms with Gasteiger partial charge in [-0.15, -0.1) is 18.3 Å². The molecule has 38 heavy (non-hydrogen) atoms. The molecule has 1 heterocycles. The number of halogens is 3. The van der Waals surface area contributed by atoms with Crippen molar-refractivity contribution in [3.8, 4) is 28.6 Å². The molecule has 11 heteroatoms. The van der Waals surface area contributed by atoms with Crippen molar-refractivity contribution in [1.29, 1.82) is 0 Å². The Morgan fingerprint density at radius 3 is 2.45 bits per heavy atom. The van der Waals surface area contributed by atoms with Crippen LogP contribution in [0.4, 0.5) is 23.7 Å². The molecule has 0 bridgehead atoms. The summed E-state index contributed by atoms with van der Waals surface area (Å²) >= 11 is 0. The molecule has 0 atom stereocenters. The number of aromatic nitrogens is 3. The van der Waals surface area contributed by atoms with Gasteiger partial charge in [-0.3, -0.25) is 0 Å². The highest BCUT2D eigenvalue weighted by atomic mass is 19.4. The summed E-state index contributed by atoms with van der Waals surface area (Å²) in [4.78, 5) is 16.4. The second kappa shape index (κ2) is 12.1. The highest BCUT2D eigenvalue weighted by molar-refractivity contribution is 5.89. The van der Waals surface area contributed by atoms with Gasteiger partial charge in [0.15, 0.2) is 5.82 Å². The van der Waals surface area contributed by atoms with Crippen molar-refractivity contribution >= 4 is 11.7 Å². The van der Waals surface area contributed by atoms with Crippen molar-refractivity contribution in [2.45, 2.75) is 25.6 Å².